The Labute approximate surface area is 200 Å². The summed E-state index contributed by atoms with van der Waals surface area (Å²) >= 11 is 12.1. The van der Waals surface area contributed by atoms with Crippen LogP contribution in [0.1, 0.15) is 11.5 Å². The lowest BCUT2D eigenvalue weighted by Crippen LogP contribution is -2.47. The highest BCUT2D eigenvalue weighted by atomic mass is 35.5. The molecule has 0 bridgehead atoms. The fourth-order valence-electron chi connectivity index (χ4n) is 3.71. The molecule has 0 spiro atoms. The summed E-state index contributed by atoms with van der Waals surface area (Å²) < 4.78 is 16.1. The summed E-state index contributed by atoms with van der Waals surface area (Å²) in [5.41, 5.74) is 1.63. The van der Waals surface area contributed by atoms with Crippen LogP contribution >= 0.6 is 23.2 Å². The van der Waals surface area contributed by atoms with E-state index in [9.17, 15) is 4.79 Å². The molecule has 170 valence electrons. The summed E-state index contributed by atoms with van der Waals surface area (Å²) in [5.74, 6) is 2.15. The molecule has 0 N–H and O–H groups in total. The van der Waals surface area contributed by atoms with E-state index in [2.05, 4.69) is 15.0 Å². The van der Waals surface area contributed by atoms with Crippen LogP contribution in [0, 0.1) is 0 Å². The van der Waals surface area contributed by atoms with Crippen molar-refractivity contribution in [2.24, 2.45) is 0 Å². The predicted molar refractivity (Wildman–Crippen MR) is 123 cm³/mol. The van der Waals surface area contributed by atoms with Crippen molar-refractivity contribution in [1.29, 1.82) is 0 Å². The molecule has 2 aliphatic heterocycles. The van der Waals surface area contributed by atoms with Crippen molar-refractivity contribution in [3.8, 4) is 22.9 Å². The molecule has 3 aromatic rings. The molecule has 0 aliphatic carbocycles. The Morgan fingerprint density at radius 1 is 1.06 bits per heavy atom. The predicted octanol–water partition coefficient (Wildman–Crippen LogP) is 4.13. The van der Waals surface area contributed by atoms with E-state index in [0.29, 0.717) is 66.0 Å². The lowest BCUT2D eigenvalue weighted by molar-refractivity contribution is -0.127. The topological polar surface area (TPSA) is 80.9 Å². The van der Waals surface area contributed by atoms with Crippen LogP contribution in [0.2, 0.25) is 10.0 Å². The quantitative estimate of drug-likeness (QED) is 0.501. The Hall–Kier alpha value is -3.07. The van der Waals surface area contributed by atoms with E-state index in [0.717, 1.165) is 11.1 Å². The minimum atomic E-state index is -0.0498. The van der Waals surface area contributed by atoms with Gasteiger partial charge in [0, 0.05) is 42.8 Å². The van der Waals surface area contributed by atoms with Crippen LogP contribution in [0.4, 0.5) is 0 Å². The number of hydrogen-bond donors (Lipinski definition) is 0. The van der Waals surface area contributed by atoms with Gasteiger partial charge in [0.25, 0.3) is 0 Å². The van der Waals surface area contributed by atoms with E-state index >= 15 is 0 Å². The third kappa shape index (κ3) is 4.98. The van der Waals surface area contributed by atoms with E-state index < -0.39 is 0 Å². The molecule has 0 saturated carbocycles. The van der Waals surface area contributed by atoms with E-state index in [1.165, 1.54) is 0 Å². The standard InChI is InChI=1S/C23H20Cl2N4O4/c24-17-4-2-16(3-5-17)23-26-20(33-27-23)13-28-7-9-29(10-8-28)21(30)6-1-15-11-18(25)22-19(12-15)31-14-32-22/h1-6,11-12H,7-10,13-14H2/b6-1+. The molecule has 1 aromatic heterocycles. The number of carbonyl (C=O) groups excluding carboxylic acids is 1. The second-order valence-electron chi connectivity index (χ2n) is 7.69. The van der Waals surface area contributed by atoms with Gasteiger partial charge in [0.05, 0.1) is 11.6 Å². The average molecular weight is 487 g/mol. The number of aromatic nitrogens is 2. The molecule has 0 unspecified atom stereocenters. The smallest absolute Gasteiger partial charge is 0.246 e. The second-order valence-corrected chi connectivity index (χ2v) is 8.53. The molecule has 8 nitrogen and oxygen atoms in total. The maximum absolute atomic E-state index is 12.6. The van der Waals surface area contributed by atoms with Gasteiger partial charge < -0.3 is 18.9 Å². The first-order valence-electron chi connectivity index (χ1n) is 10.4. The van der Waals surface area contributed by atoms with Gasteiger partial charge in [0.1, 0.15) is 0 Å². The third-order valence-corrected chi connectivity index (χ3v) is 6.01. The van der Waals surface area contributed by atoms with Crippen molar-refractivity contribution < 1.29 is 18.8 Å². The van der Waals surface area contributed by atoms with Gasteiger partial charge in [-0.25, -0.2) is 0 Å². The van der Waals surface area contributed by atoms with Gasteiger partial charge in [-0.1, -0.05) is 28.4 Å². The molecule has 1 saturated heterocycles. The zero-order chi connectivity index (χ0) is 22.8. The van der Waals surface area contributed by atoms with Gasteiger partial charge in [-0.15, -0.1) is 0 Å². The normalized spacial score (nSPS) is 16.0. The molecule has 1 amide bonds. The first-order chi connectivity index (χ1) is 16.0. The number of benzene rings is 2. The highest BCUT2D eigenvalue weighted by Gasteiger charge is 2.22. The summed E-state index contributed by atoms with van der Waals surface area (Å²) in [6.07, 6.45) is 3.29. The number of halogens is 2. The van der Waals surface area contributed by atoms with Crippen LogP contribution in [0.5, 0.6) is 11.5 Å². The molecule has 10 heteroatoms. The Kier molecular flexibility index (Phi) is 6.22. The number of ether oxygens (including phenoxy) is 2. The first kappa shape index (κ1) is 21.8. The Bertz CT molecular complexity index is 1190. The van der Waals surface area contributed by atoms with Gasteiger partial charge in [0.2, 0.25) is 24.4 Å². The van der Waals surface area contributed by atoms with Gasteiger partial charge in [-0.2, -0.15) is 4.98 Å². The number of fused-ring (bicyclic) bond motifs is 1. The lowest BCUT2D eigenvalue weighted by atomic mass is 10.2. The van der Waals surface area contributed by atoms with Crippen LogP contribution < -0.4 is 9.47 Å². The van der Waals surface area contributed by atoms with Crippen molar-refractivity contribution in [3.05, 3.63) is 64.0 Å². The Morgan fingerprint density at radius 2 is 1.85 bits per heavy atom. The summed E-state index contributed by atoms with van der Waals surface area (Å²) in [6.45, 7) is 3.35. The van der Waals surface area contributed by atoms with E-state index in [1.54, 1.807) is 36.4 Å². The monoisotopic (exact) mass is 486 g/mol. The van der Waals surface area contributed by atoms with E-state index in [4.69, 9.17) is 37.2 Å². The minimum Gasteiger partial charge on any atom is -0.454 e. The average Bonchev–Trinajstić information content (AvgIpc) is 3.48. The van der Waals surface area contributed by atoms with Crippen LogP contribution in [0.25, 0.3) is 17.5 Å². The molecule has 5 rings (SSSR count). The molecule has 3 heterocycles. The molecule has 2 aliphatic rings. The third-order valence-electron chi connectivity index (χ3n) is 5.48. The van der Waals surface area contributed by atoms with Gasteiger partial charge in [0.15, 0.2) is 11.5 Å². The molecular weight excluding hydrogens is 467 g/mol. The molecular formula is C23H20Cl2N4O4. The highest BCUT2D eigenvalue weighted by molar-refractivity contribution is 6.32. The number of nitrogens with zero attached hydrogens (tertiary/aromatic N) is 4. The van der Waals surface area contributed by atoms with Gasteiger partial charge >= 0.3 is 0 Å². The van der Waals surface area contributed by atoms with Crippen molar-refractivity contribution in [1.82, 2.24) is 19.9 Å². The maximum atomic E-state index is 12.6. The zero-order valence-corrected chi connectivity index (χ0v) is 19.1. The SMILES string of the molecule is O=C(/C=C/c1cc(Cl)c2c(c1)OCO2)N1CCN(Cc2nc(-c3ccc(Cl)cc3)no2)CC1. The van der Waals surface area contributed by atoms with E-state index in [-0.39, 0.29) is 12.7 Å². The summed E-state index contributed by atoms with van der Waals surface area (Å²) in [7, 11) is 0. The number of rotatable bonds is 5. The number of hydrogen-bond acceptors (Lipinski definition) is 7. The largest absolute Gasteiger partial charge is 0.454 e. The summed E-state index contributed by atoms with van der Waals surface area (Å²) in [5, 5.41) is 5.17. The maximum Gasteiger partial charge on any atom is 0.246 e. The molecule has 0 atom stereocenters. The Balaban J connectivity index is 1.14. The summed E-state index contributed by atoms with van der Waals surface area (Å²) in [4.78, 5) is 21.1. The number of carbonyl (C=O) groups is 1. The molecule has 33 heavy (non-hydrogen) atoms. The van der Waals surface area contributed by atoms with E-state index in [1.807, 2.05) is 17.0 Å². The summed E-state index contributed by atoms with van der Waals surface area (Å²) in [6, 6.07) is 10.8. The second kappa shape index (κ2) is 9.43. The lowest BCUT2D eigenvalue weighted by Gasteiger charge is -2.33. The van der Waals surface area contributed by atoms with Crippen LogP contribution in [-0.2, 0) is 11.3 Å². The first-order valence-corrected chi connectivity index (χ1v) is 11.2. The van der Waals surface area contributed by atoms with Crippen molar-refractivity contribution in [3.63, 3.8) is 0 Å². The van der Waals surface area contributed by atoms with Crippen molar-refractivity contribution in [2.75, 3.05) is 33.0 Å². The van der Waals surface area contributed by atoms with Gasteiger partial charge in [-0.3, -0.25) is 9.69 Å². The molecule has 2 aromatic carbocycles. The van der Waals surface area contributed by atoms with Crippen LogP contribution in [0.15, 0.2) is 47.0 Å². The Morgan fingerprint density at radius 3 is 2.64 bits per heavy atom. The van der Waals surface area contributed by atoms with Gasteiger partial charge in [-0.05, 0) is 48.0 Å². The highest BCUT2D eigenvalue weighted by Crippen LogP contribution is 2.40. The number of piperazine rings is 1. The fourth-order valence-corrected chi connectivity index (χ4v) is 4.11. The van der Waals surface area contributed by atoms with Crippen molar-refractivity contribution >= 4 is 35.2 Å². The van der Waals surface area contributed by atoms with Crippen molar-refractivity contribution in [2.45, 2.75) is 6.54 Å². The molecule has 1 fully saturated rings. The van der Waals surface area contributed by atoms with Crippen LogP contribution in [-0.4, -0.2) is 58.8 Å². The fraction of sp³-hybridized carbons (Fsp3) is 0.261. The van der Waals surface area contributed by atoms with Crippen LogP contribution in [0.3, 0.4) is 0 Å². The number of amides is 1. The molecule has 0 radical (unpaired) electrons. The minimum absolute atomic E-state index is 0.0498. The zero-order valence-electron chi connectivity index (χ0n) is 17.5.